The van der Waals surface area contributed by atoms with Crippen molar-refractivity contribution in [3.05, 3.63) is 62.4 Å². The highest BCUT2D eigenvalue weighted by Gasteiger charge is 2.51. The summed E-state index contributed by atoms with van der Waals surface area (Å²) in [5, 5.41) is 24.0. The molecular formula is C81H150N4O11SSi2. The molecule has 0 aromatic carbocycles. The number of ether oxygens (including phenoxy) is 3. The number of amides is 2. The summed E-state index contributed by atoms with van der Waals surface area (Å²) in [7, 11) is -1.88. The van der Waals surface area contributed by atoms with Crippen LogP contribution in [0, 0.1) is 82.3 Å². The van der Waals surface area contributed by atoms with Gasteiger partial charge in [0.15, 0.2) is 22.4 Å². The summed E-state index contributed by atoms with van der Waals surface area (Å²) in [6, 6.07) is 0. The van der Waals surface area contributed by atoms with Crippen molar-refractivity contribution in [2.24, 2.45) is 93.8 Å². The van der Waals surface area contributed by atoms with Gasteiger partial charge in [-0.1, -0.05) is 160 Å². The molecule has 7 aliphatic rings. The van der Waals surface area contributed by atoms with Crippen LogP contribution in [0.5, 0.6) is 5.88 Å². The molecule has 1 aromatic heterocycles. The summed E-state index contributed by atoms with van der Waals surface area (Å²) in [5.74, 6) is 8.45. The molecule has 1 aromatic rings. The highest BCUT2D eigenvalue weighted by Crippen LogP contribution is 2.61. The van der Waals surface area contributed by atoms with Gasteiger partial charge in [0.05, 0.1) is 37.3 Å². The summed E-state index contributed by atoms with van der Waals surface area (Å²) in [5.41, 5.74) is 0.908. The number of nitrogens with zero attached hydrogens (tertiary/aromatic N) is 3. The monoisotopic (exact) mass is 1440 g/mol. The van der Waals surface area contributed by atoms with E-state index in [4.69, 9.17) is 23.1 Å². The van der Waals surface area contributed by atoms with Gasteiger partial charge in [-0.15, -0.1) is 29.2 Å². The van der Waals surface area contributed by atoms with Gasteiger partial charge in [0.25, 0.3) is 5.91 Å². The summed E-state index contributed by atoms with van der Waals surface area (Å²) < 4.78 is 48.5. The minimum absolute atomic E-state index is 0.00120. The Morgan fingerprint density at radius 2 is 1.23 bits per heavy atom. The third kappa shape index (κ3) is 29.3. The van der Waals surface area contributed by atoms with Gasteiger partial charge >= 0.3 is 6.09 Å². The lowest BCUT2D eigenvalue weighted by molar-refractivity contribution is -0.123. The number of methoxy groups -OCH3 is 2. The topological polar surface area (TPSA) is 197 Å². The van der Waals surface area contributed by atoms with Crippen LogP contribution in [0.15, 0.2) is 61.2 Å². The lowest BCUT2D eigenvalue weighted by Crippen LogP contribution is -2.45. The predicted molar refractivity (Wildman–Crippen MR) is 419 cm³/mol. The van der Waals surface area contributed by atoms with Gasteiger partial charge in [-0.25, -0.2) is 9.00 Å². The Kier molecular flexibility index (Phi) is 40.1. The van der Waals surface area contributed by atoms with E-state index in [1.807, 2.05) is 13.0 Å². The van der Waals surface area contributed by atoms with Crippen LogP contribution in [-0.4, -0.2) is 116 Å². The molecule has 0 radical (unpaired) electrons. The van der Waals surface area contributed by atoms with E-state index >= 15 is 0 Å². The van der Waals surface area contributed by atoms with Crippen LogP contribution in [0.3, 0.4) is 0 Å². The van der Waals surface area contributed by atoms with Crippen LogP contribution in [0.4, 0.5) is 4.79 Å². The number of hydrogen-bond donors (Lipinski definition) is 3. The first-order chi connectivity index (χ1) is 46.2. The maximum atomic E-state index is 13.2. The second-order valence-electron chi connectivity index (χ2n) is 33.9. The number of allylic oxidation sites excluding steroid dienone is 2. The lowest BCUT2D eigenvalue weighted by Gasteiger charge is -2.43. The molecule has 99 heavy (non-hydrogen) atoms. The van der Waals surface area contributed by atoms with Crippen LogP contribution < -0.4 is 9.46 Å². The molecule has 15 nitrogen and oxygen atoms in total. The van der Waals surface area contributed by atoms with Crippen LogP contribution >= 0.6 is 0 Å². The number of carbonyl (C=O) groups is 3. The van der Waals surface area contributed by atoms with Crippen molar-refractivity contribution >= 4 is 44.3 Å². The third-order valence-electron chi connectivity index (χ3n) is 24.4. The van der Waals surface area contributed by atoms with E-state index in [1.165, 1.54) is 120 Å². The normalized spacial score (nSPS) is 27.2. The maximum Gasteiger partial charge on any atom is 0.443 e. The number of carbonyl (C=O) groups excluding carboxylic acids is 3. The van der Waals surface area contributed by atoms with E-state index in [9.17, 15) is 28.8 Å². The predicted octanol–water partition coefficient (Wildman–Crippen LogP) is 20.5. The van der Waals surface area contributed by atoms with Crippen LogP contribution in [-0.2, 0) is 40.1 Å². The number of aromatic nitrogens is 2. The number of aliphatic hydroxyl groups is 2. The van der Waals surface area contributed by atoms with Gasteiger partial charge in [-0.05, 0) is 229 Å². The zero-order chi connectivity index (χ0) is 75.4. The molecule has 7 aliphatic carbocycles. The van der Waals surface area contributed by atoms with E-state index in [0.29, 0.717) is 52.9 Å². The molecule has 3 N–H and O–H groups in total. The Morgan fingerprint density at radius 3 is 1.57 bits per heavy atom. The molecule has 574 valence electrons. The zero-order valence-electron chi connectivity index (χ0n) is 67.3. The number of ketones is 1. The molecule has 0 saturated heterocycles. The zero-order valence-corrected chi connectivity index (χ0v) is 70.1. The summed E-state index contributed by atoms with van der Waals surface area (Å²) in [6.07, 6.45) is 33.3. The summed E-state index contributed by atoms with van der Waals surface area (Å²) >= 11 is 0. The van der Waals surface area contributed by atoms with Gasteiger partial charge in [-0.3, -0.25) is 19.0 Å². The van der Waals surface area contributed by atoms with E-state index in [-0.39, 0.29) is 52.2 Å². The average Bonchev–Trinajstić information content (AvgIpc) is 1.62. The van der Waals surface area contributed by atoms with Crippen molar-refractivity contribution in [1.29, 1.82) is 0 Å². The van der Waals surface area contributed by atoms with Crippen LogP contribution in [0.1, 0.15) is 256 Å². The number of rotatable bonds is 29. The number of aliphatic hydroxyl groups excluding tert-OH is 2. The summed E-state index contributed by atoms with van der Waals surface area (Å²) in [4.78, 5) is 35.5. The SMILES string of the molecule is C=CC(=O)[C@@H]1CC[C@H]1CC.C=CC[C@H](C)CS(=O)(=NC(=O)OC(C)C)NC(=O)c1cn(C)nc1OC.C=C[C@H](O)[C@@H]1CC[C@H]1CO[Si](C)(C)C(C)(C)C.C=C[C@H](OC)[C@@H]1CC[C@H]1CO[Si](C)(C)C(C)(C)C.CCCC(O)[C@@H]1CC[C@H]1CC.CC[C@@H]1CC[C@H]1C.CC[C@@H]1CC[C@H]1C1(C)CC1. The van der Waals surface area contributed by atoms with E-state index < -0.39 is 44.7 Å². The minimum Gasteiger partial charge on any atom is -0.479 e. The Hall–Kier alpha value is -3.24. The van der Waals surface area contributed by atoms with E-state index in [1.54, 1.807) is 40.2 Å². The largest absolute Gasteiger partial charge is 0.479 e. The van der Waals surface area contributed by atoms with Crippen molar-refractivity contribution in [2.75, 3.05) is 33.2 Å². The Labute approximate surface area is 608 Å². The van der Waals surface area contributed by atoms with Gasteiger partial charge in [-0.2, -0.15) is 0 Å². The highest BCUT2D eigenvalue weighted by molar-refractivity contribution is 7.92. The highest BCUT2D eigenvalue weighted by atomic mass is 32.2. The molecule has 8 rings (SSSR count). The van der Waals surface area contributed by atoms with Gasteiger partial charge < -0.3 is 33.3 Å². The van der Waals surface area contributed by atoms with Gasteiger partial charge in [0.2, 0.25) is 5.88 Å². The lowest BCUT2D eigenvalue weighted by atomic mass is 9.65. The van der Waals surface area contributed by atoms with Crippen LogP contribution in [0.25, 0.3) is 0 Å². The fourth-order valence-corrected chi connectivity index (χ4v) is 17.8. The van der Waals surface area contributed by atoms with Gasteiger partial charge in [0, 0.05) is 39.5 Å². The Bertz CT molecular complexity index is 2700. The van der Waals surface area contributed by atoms with Crippen molar-refractivity contribution in [2.45, 2.75) is 306 Å². The average molecular weight is 1440 g/mol. The first kappa shape index (κ1) is 91.8. The molecule has 1 heterocycles. The number of nitrogens with one attached hydrogen (secondary N) is 1. The molecule has 0 aliphatic heterocycles. The molecule has 2 unspecified atom stereocenters. The molecule has 0 spiro atoms. The second-order valence-corrected chi connectivity index (χ2v) is 45.5. The standard InChI is InChI=1S/C16H26N4O5S.C15H30O2Si.C14H28O2Si.C10H20O.C10H18.C9H14O.C7H14/c1-7-8-12(4)10-26(23,19-16(22)25-11(2)3)18-14(21)13-9-20(5)17-15(13)24-6;1-8-14(16-5)13-10-9-12(13)11-17-18(6,7)15(2,3)4;1-7-13(15)12-9-8-11(12)10-16-17(5,6)14(2,3)4;1-3-5-10(11)9-7-6-8(9)4-2;1-3-8-4-5-9(8)10(2)6-7-10;1-3-7-5-6-8(7)9(10)4-2;1-3-7-5-4-6(7)2/h7,9,11-12H,1,8,10H2,2-6H3,(H,18,19,21,22,23);8,12-14H,1,9-11H2,2-7H3;7,11-13,15H,1,8-10H2,2-6H3;8-11H,3-7H2,1-2H3;8-9H,3-7H2,1-2H3;4,7-8H,2-3,5-6H2,1H3;6-7H,3-5H2,1-2H3/t12-,26?;12-,13+,14-;11-,12+,13-;8-,9-,10?;8-,9-;7-,8-;6-,7-/m0001111/s1. The maximum absolute atomic E-state index is 13.2. The molecule has 2 amide bonds. The molecule has 17 atom stereocenters. The Morgan fingerprint density at radius 1 is 0.727 bits per heavy atom. The van der Waals surface area contributed by atoms with Crippen molar-refractivity contribution in [1.82, 2.24) is 14.5 Å². The van der Waals surface area contributed by atoms with Crippen LogP contribution in [0.2, 0.25) is 36.3 Å². The Balaban J connectivity index is 0.000000408. The van der Waals surface area contributed by atoms with Gasteiger partial charge in [0.1, 0.15) is 15.5 Å². The second kappa shape index (κ2) is 43.3. The van der Waals surface area contributed by atoms with Crippen molar-refractivity contribution in [3.63, 3.8) is 0 Å². The molecule has 7 fully saturated rings. The summed E-state index contributed by atoms with van der Waals surface area (Å²) in [6.45, 7) is 60.3. The van der Waals surface area contributed by atoms with E-state index in [2.05, 4.69) is 157 Å². The smallest absolute Gasteiger partial charge is 0.443 e. The van der Waals surface area contributed by atoms with Crippen molar-refractivity contribution < 1.29 is 51.9 Å². The first-order valence-electron chi connectivity index (χ1n) is 38.7. The fraction of sp³-hybridized carbons (Fsp3) is 0.827. The first-order valence-corrected chi connectivity index (χ1v) is 46.2. The minimum atomic E-state index is -3.41. The molecule has 0 bridgehead atoms. The quantitative estimate of drug-likeness (QED) is 0.0390. The van der Waals surface area contributed by atoms with Crippen molar-refractivity contribution in [3.8, 4) is 5.88 Å². The third-order valence-corrected chi connectivity index (χ3v) is 35.4. The fourth-order valence-electron chi connectivity index (χ4n) is 13.9. The molecular weight excluding hydrogens is 1290 g/mol. The molecule has 18 heteroatoms. The van der Waals surface area contributed by atoms with E-state index in [0.717, 1.165) is 80.3 Å². The number of hydrogen-bond acceptors (Lipinski definition) is 12. The molecule has 7 saturated carbocycles. The number of aryl methyl sites for hydroxylation is 1.